The molecule has 0 aromatic rings. The molecule has 2 fully saturated rings. The average Bonchev–Trinajstić information content (AvgIpc) is 2.77. The van der Waals surface area contributed by atoms with E-state index in [4.69, 9.17) is 9.84 Å². The van der Waals surface area contributed by atoms with Crippen molar-refractivity contribution in [3.05, 3.63) is 0 Å². The summed E-state index contributed by atoms with van der Waals surface area (Å²) in [5.74, 6) is 0.544. The van der Waals surface area contributed by atoms with Crippen LogP contribution in [0.5, 0.6) is 0 Å². The fourth-order valence-electron chi connectivity index (χ4n) is 3.74. The van der Waals surface area contributed by atoms with E-state index in [0.717, 1.165) is 32.4 Å². The van der Waals surface area contributed by atoms with Crippen molar-refractivity contribution in [2.45, 2.75) is 64.1 Å². The third kappa shape index (κ3) is 5.90. The fraction of sp³-hybridized carbons (Fsp3) is 0.944. The van der Waals surface area contributed by atoms with Gasteiger partial charge in [-0.15, -0.1) is 0 Å². The first-order valence-electron chi connectivity index (χ1n) is 9.24. The molecule has 0 aromatic carbocycles. The summed E-state index contributed by atoms with van der Waals surface area (Å²) < 4.78 is 5.45. The standard InChI is InChI=1S/C18H34N2O4/c1-17(2,3)24-16(22)20-9-4-7-18(23,8-11-20)14-19-10-5-15(13-19)6-12-21/h15,21,23H,4-14H2,1-3H3. The van der Waals surface area contributed by atoms with E-state index in [1.165, 1.54) is 0 Å². The van der Waals surface area contributed by atoms with Gasteiger partial charge < -0.3 is 24.7 Å². The summed E-state index contributed by atoms with van der Waals surface area (Å²) in [4.78, 5) is 16.3. The molecule has 2 atom stereocenters. The Morgan fingerprint density at radius 2 is 2.00 bits per heavy atom. The topological polar surface area (TPSA) is 73.2 Å². The van der Waals surface area contributed by atoms with Crippen LogP contribution < -0.4 is 0 Å². The van der Waals surface area contributed by atoms with Crippen LogP contribution in [0.1, 0.15) is 52.9 Å². The molecule has 2 aliphatic heterocycles. The average molecular weight is 342 g/mol. The van der Waals surface area contributed by atoms with Crippen LogP contribution in [0.25, 0.3) is 0 Å². The zero-order chi connectivity index (χ0) is 17.8. The maximum Gasteiger partial charge on any atom is 0.410 e. The van der Waals surface area contributed by atoms with Gasteiger partial charge in [0.1, 0.15) is 5.60 Å². The minimum atomic E-state index is -0.731. The third-order valence-electron chi connectivity index (χ3n) is 4.99. The molecular weight excluding hydrogens is 308 g/mol. The summed E-state index contributed by atoms with van der Waals surface area (Å²) in [6.45, 7) is 9.65. The Balaban J connectivity index is 1.84. The molecule has 0 radical (unpaired) electrons. The Kier molecular flexibility index (Phi) is 6.51. The van der Waals surface area contributed by atoms with E-state index in [1.807, 2.05) is 20.8 Å². The smallest absolute Gasteiger partial charge is 0.410 e. The lowest BCUT2D eigenvalue weighted by molar-refractivity contribution is -0.00623. The second-order valence-corrected chi connectivity index (χ2v) is 8.45. The van der Waals surface area contributed by atoms with Crippen LogP contribution in [0.3, 0.4) is 0 Å². The van der Waals surface area contributed by atoms with Crippen LogP contribution in [-0.4, -0.2) is 76.6 Å². The lowest BCUT2D eigenvalue weighted by Gasteiger charge is -2.32. The Morgan fingerprint density at radius 1 is 1.25 bits per heavy atom. The van der Waals surface area contributed by atoms with Crippen molar-refractivity contribution in [1.29, 1.82) is 0 Å². The Hall–Kier alpha value is -0.850. The first kappa shape index (κ1) is 19.5. The minimum Gasteiger partial charge on any atom is -0.444 e. The molecule has 2 unspecified atom stereocenters. The molecular formula is C18H34N2O4. The Labute approximate surface area is 145 Å². The highest BCUT2D eigenvalue weighted by Crippen LogP contribution is 2.28. The molecule has 2 heterocycles. The van der Waals surface area contributed by atoms with Gasteiger partial charge in [-0.1, -0.05) is 0 Å². The number of β-amino-alcohol motifs (C(OH)–C–C–N with tert-alkyl or cyclic N) is 1. The second kappa shape index (κ2) is 8.02. The number of aliphatic hydroxyl groups is 2. The van der Waals surface area contributed by atoms with Gasteiger partial charge >= 0.3 is 6.09 Å². The highest BCUT2D eigenvalue weighted by atomic mass is 16.6. The van der Waals surface area contributed by atoms with E-state index in [1.54, 1.807) is 4.90 Å². The van der Waals surface area contributed by atoms with Crippen LogP contribution in [-0.2, 0) is 4.74 Å². The fourth-order valence-corrected chi connectivity index (χ4v) is 3.74. The lowest BCUT2D eigenvalue weighted by atomic mass is 9.94. The van der Waals surface area contributed by atoms with E-state index in [-0.39, 0.29) is 12.7 Å². The summed E-state index contributed by atoms with van der Waals surface area (Å²) in [5, 5.41) is 20.1. The maximum absolute atomic E-state index is 12.2. The van der Waals surface area contributed by atoms with Crippen molar-refractivity contribution < 1.29 is 19.7 Å². The molecule has 2 saturated heterocycles. The molecule has 6 heteroatoms. The molecule has 0 aromatic heterocycles. The molecule has 2 N–H and O–H groups in total. The number of carbonyl (C=O) groups is 1. The van der Waals surface area contributed by atoms with Crippen molar-refractivity contribution in [3.63, 3.8) is 0 Å². The van der Waals surface area contributed by atoms with Gasteiger partial charge in [-0.05, 0) is 65.3 Å². The lowest BCUT2D eigenvalue weighted by Crippen LogP contribution is -2.43. The normalized spacial score (nSPS) is 29.5. The van der Waals surface area contributed by atoms with E-state index in [2.05, 4.69) is 4.90 Å². The van der Waals surface area contributed by atoms with Crippen molar-refractivity contribution in [2.75, 3.05) is 39.3 Å². The van der Waals surface area contributed by atoms with Crippen LogP contribution >= 0.6 is 0 Å². The molecule has 2 aliphatic rings. The molecule has 6 nitrogen and oxygen atoms in total. The van der Waals surface area contributed by atoms with Crippen molar-refractivity contribution in [2.24, 2.45) is 5.92 Å². The summed E-state index contributed by atoms with van der Waals surface area (Å²) in [6, 6.07) is 0. The van der Waals surface area contributed by atoms with E-state index < -0.39 is 11.2 Å². The van der Waals surface area contributed by atoms with Gasteiger partial charge in [-0.3, -0.25) is 0 Å². The molecule has 2 rings (SSSR count). The minimum absolute atomic E-state index is 0.244. The van der Waals surface area contributed by atoms with Gasteiger partial charge in [0.2, 0.25) is 0 Å². The predicted octanol–water partition coefficient (Wildman–Crippen LogP) is 1.84. The number of aliphatic hydroxyl groups excluding tert-OH is 1. The summed E-state index contributed by atoms with van der Waals surface area (Å²) in [7, 11) is 0. The number of likely N-dealkylation sites (tertiary alicyclic amines) is 2. The van der Waals surface area contributed by atoms with Gasteiger partial charge in [0, 0.05) is 32.8 Å². The molecule has 0 spiro atoms. The molecule has 0 bridgehead atoms. The number of nitrogens with zero attached hydrogens (tertiary/aromatic N) is 2. The monoisotopic (exact) mass is 342 g/mol. The first-order valence-corrected chi connectivity index (χ1v) is 9.24. The van der Waals surface area contributed by atoms with Gasteiger partial charge in [0.15, 0.2) is 0 Å². The Bertz CT molecular complexity index is 424. The summed E-state index contributed by atoms with van der Waals surface area (Å²) in [5.41, 5.74) is -1.22. The molecule has 24 heavy (non-hydrogen) atoms. The zero-order valence-electron chi connectivity index (χ0n) is 15.5. The molecule has 1 amide bonds. The van der Waals surface area contributed by atoms with Gasteiger partial charge in [0.05, 0.1) is 5.60 Å². The molecule has 140 valence electrons. The quantitative estimate of drug-likeness (QED) is 0.816. The van der Waals surface area contributed by atoms with Crippen LogP contribution in [0, 0.1) is 5.92 Å². The number of ether oxygens (including phenoxy) is 1. The number of hydrogen-bond acceptors (Lipinski definition) is 5. The van der Waals surface area contributed by atoms with Crippen molar-refractivity contribution in [3.8, 4) is 0 Å². The molecule has 0 saturated carbocycles. The van der Waals surface area contributed by atoms with E-state index >= 15 is 0 Å². The van der Waals surface area contributed by atoms with Crippen LogP contribution in [0.15, 0.2) is 0 Å². The number of rotatable bonds is 4. The molecule has 0 aliphatic carbocycles. The van der Waals surface area contributed by atoms with Crippen molar-refractivity contribution in [1.82, 2.24) is 9.80 Å². The Morgan fingerprint density at radius 3 is 2.67 bits per heavy atom. The van der Waals surface area contributed by atoms with E-state index in [9.17, 15) is 9.90 Å². The number of carbonyl (C=O) groups excluding carboxylic acids is 1. The van der Waals surface area contributed by atoms with Crippen LogP contribution in [0.2, 0.25) is 0 Å². The highest BCUT2D eigenvalue weighted by molar-refractivity contribution is 5.68. The highest BCUT2D eigenvalue weighted by Gasteiger charge is 2.36. The van der Waals surface area contributed by atoms with Gasteiger partial charge in [0.25, 0.3) is 0 Å². The van der Waals surface area contributed by atoms with Gasteiger partial charge in [-0.2, -0.15) is 0 Å². The predicted molar refractivity (Wildman–Crippen MR) is 92.9 cm³/mol. The summed E-state index contributed by atoms with van der Waals surface area (Å²) in [6.07, 6.45) is 3.77. The SMILES string of the molecule is CC(C)(C)OC(=O)N1CCCC(O)(CN2CCC(CCO)C2)CC1. The zero-order valence-corrected chi connectivity index (χ0v) is 15.5. The summed E-state index contributed by atoms with van der Waals surface area (Å²) >= 11 is 0. The second-order valence-electron chi connectivity index (χ2n) is 8.45. The largest absolute Gasteiger partial charge is 0.444 e. The first-order chi connectivity index (χ1) is 11.2. The van der Waals surface area contributed by atoms with Crippen molar-refractivity contribution >= 4 is 6.09 Å². The van der Waals surface area contributed by atoms with E-state index in [0.29, 0.717) is 38.4 Å². The number of hydrogen-bond donors (Lipinski definition) is 2. The maximum atomic E-state index is 12.2. The van der Waals surface area contributed by atoms with Crippen LogP contribution in [0.4, 0.5) is 4.79 Å². The van der Waals surface area contributed by atoms with Gasteiger partial charge in [-0.25, -0.2) is 4.79 Å². The third-order valence-corrected chi connectivity index (χ3v) is 4.99. The number of amides is 1.